The molecule has 0 aliphatic carbocycles. The van der Waals surface area contributed by atoms with Gasteiger partial charge in [-0.3, -0.25) is 9.78 Å². The number of amides is 1. The molecule has 5 heterocycles. The molecule has 9 heteroatoms. The Bertz CT molecular complexity index is 1580. The van der Waals surface area contributed by atoms with E-state index in [-0.39, 0.29) is 12.0 Å². The molecule has 4 aromatic rings. The molecule has 2 aliphatic rings. The van der Waals surface area contributed by atoms with Crippen LogP contribution in [0.15, 0.2) is 53.2 Å². The summed E-state index contributed by atoms with van der Waals surface area (Å²) in [4.78, 5) is 23.9. The minimum atomic E-state index is -0.0387. The van der Waals surface area contributed by atoms with Gasteiger partial charge in [-0.25, -0.2) is 4.98 Å². The summed E-state index contributed by atoms with van der Waals surface area (Å²) in [7, 11) is 1.55. The second-order valence-corrected chi connectivity index (χ2v) is 10.1. The summed E-state index contributed by atoms with van der Waals surface area (Å²) in [6, 6.07) is 13.2. The second kappa shape index (κ2) is 11.4. The van der Waals surface area contributed by atoms with Gasteiger partial charge < -0.3 is 23.5 Å². The number of rotatable bonds is 6. The van der Waals surface area contributed by atoms with Crippen LogP contribution >= 0.6 is 0 Å². The molecule has 40 heavy (non-hydrogen) atoms. The predicted molar refractivity (Wildman–Crippen MR) is 148 cm³/mol. The highest BCUT2D eigenvalue weighted by Crippen LogP contribution is 2.37. The first-order chi connectivity index (χ1) is 19.6. The first-order valence-corrected chi connectivity index (χ1v) is 13.7. The summed E-state index contributed by atoms with van der Waals surface area (Å²) < 4.78 is 23.5. The molecule has 0 spiro atoms. The van der Waals surface area contributed by atoms with Crippen molar-refractivity contribution in [1.29, 1.82) is 5.26 Å². The minimum absolute atomic E-state index is 0.0379. The van der Waals surface area contributed by atoms with E-state index < -0.39 is 0 Å². The van der Waals surface area contributed by atoms with Crippen molar-refractivity contribution in [2.75, 3.05) is 33.4 Å². The zero-order chi connectivity index (χ0) is 27.5. The van der Waals surface area contributed by atoms with Gasteiger partial charge in [-0.15, -0.1) is 0 Å². The van der Waals surface area contributed by atoms with Crippen molar-refractivity contribution < 1.29 is 23.4 Å². The number of benzene rings is 1. The topological polar surface area (TPSA) is 111 Å². The molecule has 0 unspecified atom stereocenters. The van der Waals surface area contributed by atoms with E-state index in [1.807, 2.05) is 35.2 Å². The van der Waals surface area contributed by atoms with Crippen LogP contribution in [-0.4, -0.2) is 60.3 Å². The van der Waals surface area contributed by atoms with Gasteiger partial charge >= 0.3 is 0 Å². The minimum Gasteiger partial charge on any atom is -0.494 e. The van der Waals surface area contributed by atoms with Crippen LogP contribution in [0.3, 0.4) is 0 Å². The number of piperidine rings is 1. The molecule has 2 aliphatic heterocycles. The van der Waals surface area contributed by atoms with Crippen LogP contribution in [0, 0.1) is 11.3 Å². The lowest BCUT2D eigenvalue weighted by Gasteiger charge is -2.26. The summed E-state index contributed by atoms with van der Waals surface area (Å²) in [5.74, 6) is 1.45. The van der Waals surface area contributed by atoms with E-state index >= 15 is 0 Å². The number of nitrogens with zero attached hydrogens (tertiary/aromatic N) is 4. The van der Waals surface area contributed by atoms with E-state index in [0.717, 1.165) is 56.3 Å². The fourth-order valence-electron chi connectivity index (χ4n) is 5.32. The molecular weight excluding hydrogens is 508 g/mol. The van der Waals surface area contributed by atoms with Gasteiger partial charge in [0, 0.05) is 50.0 Å². The van der Waals surface area contributed by atoms with E-state index in [1.54, 1.807) is 25.6 Å². The number of fused-ring (bicyclic) bond motifs is 1. The van der Waals surface area contributed by atoms with Crippen LogP contribution in [0.1, 0.15) is 48.0 Å². The maximum absolute atomic E-state index is 13.0. The van der Waals surface area contributed by atoms with Crippen molar-refractivity contribution in [3.05, 3.63) is 59.9 Å². The van der Waals surface area contributed by atoms with Gasteiger partial charge in [-0.1, -0.05) is 6.07 Å². The molecule has 0 bridgehead atoms. The molecule has 204 valence electrons. The molecule has 1 aromatic carbocycles. The smallest absolute Gasteiger partial charge is 0.255 e. The summed E-state index contributed by atoms with van der Waals surface area (Å²) in [6.07, 6.45) is 8.12. The predicted octanol–water partition coefficient (Wildman–Crippen LogP) is 5.62. The normalized spacial score (nSPS) is 16.1. The molecule has 2 saturated heterocycles. The Labute approximate surface area is 232 Å². The summed E-state index contributed by atoms with van der Waals surface area (Å²) in [5.41, 5.74) is 4.25. The van der Waals surface area contributed by atoms with Gasteiger partial charge in [-0.2, -0.15) is 5.26 Å². The average Bonchev–Trinajstić information content (AvgIpc) is 3.46. The van der Waals surface area contributed by atoms with Gasteiger partial charge in [0.25, 0.3) is 5.91 Å². The summed E-state index contributed by atoms with van der Waals surface area (Å²) in [5, 5.41) is 9.85. The number of aromatic nitrogens is 2. The standard InChI is InChI=1S/C31H30N4O5/c1-37-27-16-22(31(36)35-11-3-2-4-12-35)19-34-29(27)28-17-25-30(40-28)24(7-10-33-25)20-5-6-26(21(15-20)18-32)39-23-8-13-38-14-9-23/h5-7,10,15-17,19,23H,2-4,8-9,11-14H2,1H3. The summed E-state index contributed by atoms with van der Waals surface area (Å²) >= 11 is 0. The monoisotopic (exact) mass is 538 g/mol. The number of ether oxygens (including phenoxy) is 3. The quantitative estimate of drug-likeness (QED) is 0.311. The molecule has 3 aromatic heterocycles. The lowest BCUT2D eigenvalue weighted by molar-refractivity contribution is 0.0254. The molecule has 0 N–H and O–H groups in total. The molecule has 0 atom stereocenters. The Hall–Kier alpha value is -4.42. The van der Waals surface area contributed by atoms with E-state index in [4.69, 9.17) is 18.6 Å². The zero-order valence-corrected chi connectivity index (χ0v) is 22.4. The summed E-state index contributed by atoms with van der Waals surface area (Å²) in [6.45, 7) is 2.85. The Morgan fingerprint density at radius 2 is 1.88 bits per heavy atom. The highest BCUT2D eigenvalue weighted by Gasteiger charge is 2.23. The zero-order valence-electron chi connectivity index (χ0n) is 22.4. The largest absolute Gasteiger partial charge is 0.494 e. The van der Waals surface area contributed by atoms with Crippen LogP contribution in [-0.2, 0) is 4.74 Å². The number of carbonyl (C=O) groups is 1. The van der Waals surface area contributed by atoms with Gasteiger partial charge in [-0.05, 0) is 49.1 Å². The second-order valence-electron chi connectivity index (χ2n) is 10.1. The number of likely N-dealkylation sites (tertiary alicyclic amines) is 1. The number of pyridine rings is 2. The third-order valence-corrected chi connectivity index (χ3v) is 7.48. The van der Waals surface area contributed by atoms with Crippen LogP contribution in [0.4, 0.5) is 0 Å². The van der Waals surface area contributed by atoms with Crippen LogP contribution in [0.25, 0.3) is 33.7 Å². The van der Waals surface area contributed by atoms with Crippen molar-refractivity contribution in [1.82, 2.24) is 14.9 Å². The first-order valence-electron chi connectivity index (χ1n) is 13.7. The van der Waals surface area contributed by atoms with Gasteiger partial charge in [0.2, 0.25) is 0 Å². The molecule has 2 fully saturated rings. The average molecular weight is 539 g/mol. The number of hydrogen-bond acceptors (Lipinski definition) is 8. The van der Waals surface area contributed by atoms with Crippen molar-refractivity contribution in [2.24, 2.45) is 0 Å². The Kier molecular flexibility index (Phi) is 7.34. The van der Waals surface area contributed by atoms with Crippen LogP contribution in [0.5, 0.6) is 11.5 Å². The van der Waals surface area contributed by atoms with Crippen molar-refractivity contribution in [3.8, 4) is 40.1 Å². The number of hydrogen-bond donors (Lipinski definition) is 0. The van der Waals surface area contributed by atoms with Gasteiger partial charge in [0.1, 0.15) is 34.9 Å². The van der Waals surface area contributed by atoms with E-state index in [1.165, 1.54) is 0 Å². The van der Waals surface area contributed by atoms with Crippen molar-refractivity contribution >= 4 is 17.0 Å². The molecule has 0 saturated carbocycles. The van der Waals surface area contributed by atoms with E-state index in [0.29, 0.717) is 58.4 Å². The molecule has 9 nitrogen and oxygen atoms in total. The van der Waals surface area contributed by atoms with Crippen LogP contribution < -0.4 is 9.47 Å². The molecular formula is C31H30N4O5. The van der Waals surface area contributed by atoms with E-state index in [9.17, 15) is 10.1 Å². The fraction of sp³-hybridized carbons (Fsp3) is 0.355. The number of methoxy groups -OCH3 is 1. The third kappa shape index (κ3) is 5.10. The molecule has 6 rings (SSSR count). The van der Waals surface area contributed by atoms with Crippen LogP contribution in [0.2, 0.25) is 0 Å². The highest BCUT2D eigenvalue weighted by molar-refractivity contribution is 5.96. The SMILES string of the molecule is COc1cc(C(=O)N2CCCCC2)cnc1-c1cc2nccc(-c3ccc(OC4CCOCC4)c(C#N)c3)c2o1. The third-order valence-electron chi connectivity index (χ3n) is 7.48. The highest BCUT2D eigenvalue weighted by atomic mass is 16.5. The molecule has 1 amide bonds. The van der Waals surface area contributed by atoms with Crippen molar-refractivity contribution in [3.63, 3.8) is 0 Å². The molecule has 0 radical (unpaired) electrons. The Balaban J connectivity index is 1.31. The lowest BCUT2D eigenvalue weighted by atomic mass is 10.0. The van der Waals surface area contributed by atoms with Gasteiger partial charge in [0.05, 0.1) is 31.5 Å². The number of carbonyl (C=O) groups excluding carboxylic acids is 1. The Morgan fingerprint density at radius 1 is 1.05 bits per heavy atom. The number of furan rings is 1. The Morgan fingerprint density at radius 3 is 2.65 bits per heavy atom. The number of nitriles is 1. The first kappa shape index (κ1) is 25.8. The lowest BCUT2D eigenvalue weighted by Crippen LogP contribution is -2.35. The van der Waals surface area contributed by atoms with E-state index in [2.05, 4.69) is 16.0 Å². The maximum atomic E-state index is 13.0. The van der Waals surface area contributed by atoms with Crippen molar-refractivity contribution in [2.45, 2.75) is 38.2 Å². The van der Waals surface area contributed by atoms with Gasteiger partial charge in [0.15, 0.2) is 11.3 Å². The maximum Gasteiger partial charge on any atom is 0.255 e. The fourth-order valence-corrected chi connectivity index (χ4v) is 5.32.